The Hall–Kier alpha value is -2.38. The molecule has 1 aliphatic heterocycles. The van der Waals surface area contributed by atoms with Crippen molar-refractivity contribution in [2.24, 2.45) is 0 Å². The Labute approximate surface area is 154 Å². The molecule has 138 valence electrons. The normalized spacial score (nSPS) is 17.8. The minimum Gasteiger partial charge on any atom is -0.336 e. The number of benzene rings is 2. The van der Waals surface area contributed by atoms with Crippen molar-refractivity contribution in [3.8, 4) is 0 Å². The maximum Gasteiger partial charge on any atom is 0.264 e. The minimum atomic E-state index is -3.74. The molecule has 1 fully saturated rings. The molecule has 2 aromatic carbocycles. The quantitative estimate of drug-likeness (QED) is 0.889. The number of carbonyl (C=O) groups excluding carboxylic acids is 1. The summed E-state index contributed by atoms with van der Waals surface area (Å²) in [6.45, 7) is 3.99. The lowest BCUT2D eigenvalue weighted by Gasteiger charge is -2.32. The highest BCUT2D eigenvalue weighted by atomic mass is 32.2. The van der Waals surface area contributed by atoms with Crippen molar-refractivity contribution < 1.29 is 13.2 Å². The molecule has 6 nitrogen and oxygen atoms in total. The number of hydrogen-bond donors (Lipinski definition) is 1. The van der Waals surface area contributed by atoms with Crippen molar-refractivity contribution in [1.29, 1.82) is 0 Å². The molecule has 0 aliphatic carbocycles. The van der Waals surface area contributed by atoms with Gasteiger partial charge >= 0.3 is 0 Å². The van der Waals surface area contributed by atoms with E-state index in [1.165, 1.54) is 23.5 Å². The van der Waals surface area contributed by atoms with Crippen molar-refractivity contribution in [1.82, 2.24) is 10.2 Å². The van der Waals surface area contributed by atoms with Crippen LogP contribution in [-0.2, 0) is 10.0 Å². The fourth-order valence-electron chi connectivity index (χ4n) is 3.02. The van der Waals surface area contributed by atoms with Crippen LogP contribution in [0.3, 0.4) is 0 Å². The SMILES string of the molecule is CC1CN(C(=O)c2cccc(S(=O)(=O)N(C)c3ccccc3)c2)CCN1. The molecule has 1 atom stereocenters. The molecule has 26 heavy (non-hydrogen) atoms. The number of carbonyl (C=O) groups is 1. The topological polar surface area (TPSA) is 69.7 Å². The van der Waals surface area contributed by atoms with Gasteiger partial charge in [-0.2, -0.15) is 0 Å². The highest BCUT2D eigenvalue weighted by Gasteiger charge is 2.25. The summed E-state index contributed by atoms with van der Waals surface area (Å²) in [4.78, 5) is 14.6. The third-order valence-electron chi connectivity index (χ3n) is 4.52. The summed E-state index contributed by atoms with van der Waals surface area (Å²) in [6, 6.07) is 15.3. The number of amides is 1. The number of sulfonamides is 1. The molecule has 0 radical (unpaired) electrons. The highest BCUT2D eigenvalue weighted by Crippen LogP contribution is 2.22. The summed E-state index contributed by atoms with van der Waals surface area (Å²) in [6.07, 6.45) is 0. The fourth-order valence-corrected chi connectivity index (χ4v) is 4.27. The van der Waals surface area contributed by atoms with Gasteiger partial charge in [-0.1, -0.05) is 24.3 Å². The molecule has 0 bridgehead atoms. The molecule has 1 N–H and O–H groups in total. The van der Waals surface area contributed by atoms with E-state index in [1.54, 1.807) is 41.3 Å². The van der Waals surface area contributed by atoms with E-state index in [4.69, 9.17) is 0 Å². The standard InChI is InChI=1S/C19H23N3O3S/c1-15-14-22(12-11-20-15)19(23)16-7-6-10-18(13-16)26(24,25)21(2)17-8-4-3-5-9-17/h3-10,13,15,20H,11-12,14H2,1-2H3. The predicted molar refractivity (Wildman–Crippen MR) is 102 cm³/mol. The van der Waals surface area contributed by atoms with E-state index < -0.39 is 10.0 Å². The lowest BCUT2D eigenvalue weighted by Crippen LogP contribution is -2.51. The minimum absolute atomic E-state index is 0.109. The Bertz CT molecular complexity index is 884. The van der Waals surface area contributed by atoms with E-state index in [-0.39, 0.29) is 16.8 Å². The monoisotopic (exact) mass is 373 g/mol. The smallest absolute Gasteiger partial charge is 0.264 e. The van der Waals surface area contributed by atoms with Crippen LogP contribution in [0.4, 0.5) is 5.69 Å². The molecule has 1 aliphatic rings. The van der Waals surface area contributed by atoms with E-state index in [2.05, 4.69) is 5.32 Å². The van der Waals surface area contributed by atoms with Crippen molar-refractivity contribution in [3.63, 3.8) is 0 Å². The molecule has 1 heterocycles. The second-order valence-corrected chi connectivity index (χ2v) is 8.41. The average molecular weight is 373 g/mol. The Balaban J connectivity index is 1.88. The molecule has 1 unspecified atom stereocenters. The van der Waals surface area contributed by atoms with Gasteiger partial charge in [0.2, 0.25) is 0 Å². The van der Waals surface area contributed by atoms with Crippen LogP contribution in [0.5, 0.6) is 0 Å². The Kier molecular flexibility index (Phi) is 5.29. The summed E-state index contributed by atoms with van der Waals surface area (Å²) in [5.74, 6) is -0.141. The number of rotatable bonds is 4. The number of nitrogens with zero attached hydrogens (tertiary/aromatic N) is 2. The molecule has 0 saturated carbocycles. The maximum atomic E-state index is 12.9. The molecule has 3 rings (SSSR count). The Morgan fingerprint density at radius 1 is 1.15 bits per heavy atom. The van der Waals surface area contributed by atoms with Crippen LogP contribution in [0.15, 0.2) is 59.5 Å². The van der Waals surface area contributed by atoms with Crippen molar-refractivity contribution in [2.45, 2.75) is 17.9 Å². The maximum absolute atomic E-state index is 12.9. The zero-order valence-corrected chi connectivity index (χ0v) is 15.7. The third-order valence-corrected chi connectivity index (χ3v) is 6.30. The Morgan fingerprint density at radius 2 is 1.88 bits per heavy atom. The summed E-state index contributed by atoms with van der Waals surface area (Å²) in [5, 5.41) is 3.29. The summed E-state index contributed by atoms with van der Waals surface area (Å²) < 4.78 is 27.1. The van der Waals surface area contributed by atoms with Gasteiger partial charge in [-0.15, -0.1) is 0 Å². The number of nitrogens with one attached hydrogen (secondary N) is 1. The molecular formula is C19H23N3O3S. The van der Waals surface area contributed by atoms with Crippen LogP contribution in [0.1, 0.15) is 17.3 Å². The van der Waals surface area contributed by atoms with Gasteiger partial charge in [0.15, 0.2) is 0 Å². The summed E-state index contributed by atoms with van der Waals surface area (Å²) in [7, 11) is -2.23. The average Bonchev–Trinajstić information content (AvgIpc) is 2.67. The van der Waals surface area contributed by atoms with Gasteiger partial charge < -0.3 is 10.2 Å². The van der Waals surface area contributed by atoms with Gasteiger partial charge in [0, 0.05) is 38.3 Å². The second-order valence-electron chi connectivity index (χ2n) is 6.44. The molecular weight excluding hydrogens is 350 g/mol. The molecule has 0 spiro atoms. The fraction of sp³-hybridized carbons (Fsp3) is 0.316. The van der Waals surface area contributed by atoms with Crippen molar-refractivity contribution in [3.05, 3.63) is 60.2 Å². The van der Waals surface area contributed by atoms with E-state index in [1.807, 2.05) is 13.0 Å². The number of para-hydroxylation sites is 1. The van der Waals surface area contributed by atoms with Gasteiger partial charge in [-0.05, 0) is 37.3 Å². The molecule has 0 aromatic heterocycles. The van der Waals surface area contributed by atoms with E-state index in [0.29, 0.717) is 24.3 Å². The second kappa shape index (κ2) is 7.47. The van der Waals surface area contributed by atoms with Gasteiger partial charge in [-0.25, -0.2) is 8.42 Å². The Morgan fingerprint density at radius 3 is 2.58 bits per heavy atom. The van der Waals surface area contributed by atoms with E-state index in [0.717, 1.165) is 6.54 Å². The van der Waals surface area contributed by atoms with E-state index in [9.17, 15) is 13.2 Å². The van der Waals surface area contributed by atoms with Crippen molar-refractivity contribution in [2.75, 3.05) is 31.0 Å². The van der Waals surface area contributed by atoms with Gasteiger partial charge in [-0.3, -0.25) is 9.10 Å². The van der Waals surface area contributed by atoms with Crippen LogP contribution < -0.4 is 9.62 Å². The largest absolute Gasteiger partial charge is 0.336 e. The third kappa shape index (κ3) is 3.73. The number of piperazine rings is 1. The van der Waals surface area contributed by atoms with Gasteiger partial charge in [0.1, 0.15) is 0 Å². The van der Waals surface area contributed by atoms with Crippen LogP contribution in [-0.4, -0.2) is 51.9 Å². The first-order chi connectivity index (χ1) is 12.4. The first-order valence-corrected chi connectivity index (χ1v) is 10.0. The molecule has 2 aromatic rings. The van der Waals surface area contributed by atoms with E-state index >= 15 is 0 Å². The predicted octanol–water partition coefficient (Wildman–Crippen LogP) is 1.95. The molecule has 7 heteroatoms. The lowest BCUT2D eigenvalue weighted by atomic mass is 10.1. The first kappa shape index (κ1) is 18.4. The molecule has 1 amide bonds. The molecule has 1 saturated heterocycles. The van der Waals surface area contributed by atoms with Crippen LogP contribution in [0.2, 0.25) is 0 Å². The zero-order valence-electron chi connectivity index (χ0n) is 14.9. The lowest BCUT2D eigenvalue weighted by molar-refractivity contribution is 0.0709. The van der Waals surface area contributed by atoms with Crippen LogP contribution in [0.25, 0.3) is 0 Å². The van der Waals surface area contributed by atoms with Gasteiger partial charge in [0.05, 0.1) is 10.6 Å². The number of anilines is 1. The number of hydrogen-bond acceptors (Lipinski definition) is 4. The summed E-state index contributed by atoms with van der Waals surface area (Å²) >= 11 is 0. The zero-order chi connectivity index (χ0) is 18.7. The highest BCUT2D eigenvalue weighted by molar-refractivity contribution is 7.92. The van der Waals surface area contributed by atoms with Crippen molar-refractivity contribution >= 4 is 21.6 Å². The van der Waals surface area contributed by atoms with Crippen LogP contribution >= 0.6 is 0 Å². The first-order valence-electron chi connectivity index (χ1n) is 8.56. The van der Waals surface area contributed by atoms with Crippen LogP contribution in [0, 0.1) is 0 Å². The summed E-state index contributed by atoms with van der Waals surface area (Å²) in [5.41, 5.74) is 0.960. The van der Waals surface area contributed by atoms with Gasteiger partial charge in [0.25, 0.3) is 15.9 Å².